The van der Waals surface area contributed by atoms with Crippen LogP contribution in [0.4, 0.5) is 10.8 Å². The maximum absolute atomic E-state index is 13.6. The van der Waals surface area contributed by atoms with Crippen molar-refractivity contribution in [1.82, 2.24) is 10.3 Å². The number of nitrogens with zero attached hydrogens (tertiary/aromatic N) is 1. The smallest absolute Gasteiger partial charge is 0.272 e. The number of benzene rings is 5. The third-order valence-electron chi connectivity index (χ3n) is 7.88. The molecule has 0 saturated carbocycles. The van der Waals surface area contributed by atoms with Crippen molar-refractivity contribution in [2.75, 3.05) is 17.7 Å². The number of rotatable bonds is 14. The van der Waals surface area contributed by atoms with Gasteiger partial charge in [0.1, 0.15) is 23.8 Å². The quantitative estimate of drug-likeness (QED) is 0.0754. The summed E-state index contributed by atoms with van der Waals surface area (Å²) >= 11 is 2.74. The molecule has 3 amide bonds. The lowest BCUT2D eigenvalue weighted by Crippen LogP contribution is -2.30. The van der Waals surface area contributed by atoms with Crippen LogP contribution in [0.5, 0.6) is 11.5 Å². The van der Waals surface area contributed by atoms with Crippen LogP contribution in [0.25, 0.3) is 17.3 Å². The first-order valence-corrected chi connectivity index (χ1v) is 18.4. The fourth-order valence-corrected chi connectivity index (χ4v) is 6.61. The van der Waals surface area contributed by atoms with Crippen LogP contribution in [0, 0.1) is 0 Å². The van der Waals surface area contributed by atoms with Crippen molar-refractivity contribution in [2.24, 2.45) is 0 Å². The molecule has 3 N–H and O–H groups in total. The van der Waals surface area contributed by atoms with Crippen molar-refractivity contribution < 1.29 is 23.9 Å². The topological polar surface area (TPSA) is 119 Å². The zero-order chi connectivity index (χ0) is 37.0. The fraction of sp³-hybridized carbons (Fsp3) is 0.0952. The molecule has 6 aromatic rings. The van der Waals surface area contributed by atoms with Gasteiger partial charge >= 0.3 is 0 Å². The molecule has 9 nitrogen and oxygen atoms in total. The van der Waals surface area contributed by atoms with Crippen molar-refractivity contribution >= 4 is 57.7 Å². The van der Waals surface area contributed by atoms with E-state index in [4.69, 9.17) is 9.47 Å². The molecule has 0 aliphatic carbocycles. The van der Waals surface area contributed by atoms with Crippen molar-refractivity contribution in [3.05, 3.63) is 161 Å². The van der Waals surface area contributed by atoms with Crippen molar-refractivity contribution in [1.29, 1.82) is 0 Å². The number of ether oxygens (including phenoxy) is 2. The molecule has 5 aromatic carbocycles. The van der Waals surface area contributed by atoms with Gasteiger partial charge in [-0.25, -0.2) is 4.98 Å². The van der Waals surface area contributed by atoms with E-state index < -0.39 is 17.1 Å². The maximum atomic E-state index is 13.6. The summed E-state index contributed by atoms with van der Waals surface area (Å²) in [5.74, 6) is 0.351. The number of thioether (sulfide) groups is 1. The molecule has 0 fully saturated rings. The molecule has 1 aromatic heterocycles. The van der Waals surface area contributed by atoms with Crippen LogP contribution >= 0.6 is 23.1 Å². The Bertz CT molecular complexity index is 2170. The van der Waals surface area contributed by atoms with Crippen LogP contribution in [0.3, 0.4) is 0 Å². The Morgan fingerprint density at radius 3 is 2.13 bits per heavy atom. The summed E-state index contributed by atoms with van der Waals surface area (Å²) in [5.41, 5.74) is 4.46. The third kappa shape index (κ3) is 10.4. The second kappa shape index (κ2) is 17.9. The van der Waals surface area contributed by atoms with Crippen LogP contribution in [-0.4, -0.2) is 35.1 Å². The summed E-state index contributed by atoms with van der Waals surface area (Å²) in [4.78, 5) is 45.1. The lowest BCUT2D eigenvalue weighted by Gasteiger charge is -2.13. The van der Waals surface area contributed by atoms with Crippen LogP contribution in [0.1, 0.15) is 28.4 Å². The van der Waals surface area contributed by atoms with Gasteiger partial charge in [-0.3, -0.25) is 14.4 Å². The molecule has 6 rings (SSSR count). The SMILES string of the molecule is COc1ccc(-c2csc(NC(=O)C(C)Sc3ccc(NC(=O)/C(=C/c4ccc(OCc5ccccc5)cc4)NC(=O)c4ccccc4)cc3)n2)cc1. The zero-order valence-corrected chi connectivity index (χ0v) is 30.6. The van der Waals surface area contributed by atoms with E-state index in [1.165, 1.54) is 23.1 Å². The lowest BCUT2D eigenvalue weighted by molar-refractivity contribution is -0.115. The largest absolute Gasteiger partial charge is 0.497 e. The van der Waals surface area contributed by atoms with E-state index in [1.807, 2.05) is 109 Å². The third-order valence-corrected chi connectivity index (χ3v) is 9.75. The minimum atomic E-state index is -0.496. The molecular weight excluding hydrogens is 705 g/mol. The molecule has 11 heteroatoms. The number of methoxy groups -OCH3 is 1. The first-order valence-electron chi connectivity index (χ1n) is 16.7. The van der Waals surface area contributed by atoms with E-state index in [2.05, 4.69) is 20.9 Å². The van der Waals surface area contributed by atoms with E-state index in [9.17, 15) is 14.4 Å². The Labute approximate surface area is 316 Å². The number of aromatic nitrogens is 1. The molecule has 0 spiro atoms. The molecule has 0 saturated heterocycles. The minimum Gasteiger partial charge on any atom is -0.497 e. The van der Waals surface area contributed by atoms with Gasteiger partial charge in [0, 0.05) is 27.1 Å². The Morgan fingerprint density at radius 1 is 0.792 bits per heavy atom. The predicted molar refractivity (Wildman–Crippen MR) is 212 cm³/mol. The number of nitrogens with one attached hydrogen (secondary N) is 3. The fourth-order valence-electron chi connectivity index (χ4n) is 5.02. The molecule has 266 valence electrons. The number of hydrogen-bond acceptors (Lipinski definition) is 8. The first kappa shape index (κ1) is 36.6. The molecule has 1 unspecified atom stereocenters. The maximum Gasteiger partial charge on any atom is 0.272 e. The molecule has 1 atom stereocenters. The average molecular weight is 741 g/mol. The van der Waals surface area contributed by atoms with Crippen LogP contribution in [-0.2, 0) is 16.2 Å². The Hall–Kier alpha value is -6.17. The molecule has 1 heterocycles. The molecule has 0 aliphatic rings. The zero-order valence-electron chi connectivity index (χ0n) is 28.9. The number of amides is 3. The number of carbonyl (C=O) groups is 3. The number of hydrogen-bond donors (Lipinski definition) is 3. The number of thiazole rings is 1. The standard InChI is InChI=1S/C42H36N4O5S2/c1-28(39(47)46-42-45-38(27-52-42)31-15-21-34(50-2)22-16-31)53-36-23-17-33(18-24-36)43-41(49)37(44-40(48)32-11-7-4-8-12-32)25-29-13-19-35(20-14-29)51-26-30-9-5-3-6-10-30/h3-25,27-28H,26H2,1-2H3,(H,43,49)(H,44,48)(H,45,46,47)/b37-25-. The monoisotopic (exact) mass is 740 g/mol. The van der Waals surface area contributed by atoms with E-state index >= 15 is 0 Å². The highest BCUT2D eigenvalue weighted by Crippen LogP contribution is 2.29. The first-order chi connectivity index (χ1) is 25.8. The van der Waals surface area contributed by atoms with Crippen molar-refractivity contribution in [3.63, 3.8) is 0 Å². The highest BCUT2D eigenvalue weighted by Gasteiger charge is 2.18. The minimum absolute atomic E-state index is 0.0675. The molecule has 0 bridgehead atoms. The van der Waals surface area contributed by atoms with Gasteiger partial charge in [0.15, 0.2) is 5.13 Å². The molecule has 0 aliphatic heterocycles. The van der Waals surface area contributed by atoms with Gasteiger partial charge < -0.3 is 25.4 Å². The van der Waals surface area contributed by atoms with Gasteiger partial charge in [-0.2, -0.15) is 0 Å². The second-order valence-electron chi connectivity index (χ2n) is 11.7. The van der Waals surface area contributed by atoms with Gasteiger partial charge in [-0.15, -0.1) is 23.1 Å². The average Bonchev–Trinajstić information content (AvgIpc) is 3.67. The molecule has 0 radical (unpaired) electrons. The van der Waals surface area contributed by atoms with Gasteiger partial charge in [0.05, 0.1) is 18.1 Å². The van der Waals surface area contributed by atoms with Gasteiger partial charge in [0.2, 0.25) is 5.91 Å². The van der Waals surface area contributed by atoms with Crippen LogP contribution < -0.4 is 25.4 Å². The van der Waals surface area contributed by atoms with Crippen molar-refractivity contribution in [2.45, 2.75) is 23.7 Å². The lowest BCUT2D eigenvalue weighted by atomic mass is 10.1. The van der Waals surface area contributed by atoms with Gasteiger partial charge in [0.25, 0.3) is 11.8 Å². The summed E-state index contributed by atoms with van der Waals surface area (Å²) in [7, 11) is 1.62. The van der Waals surface area contributed by atoms with Gasteiger partial charge in [-0.05, 0) is 96.9 Å². The van der Waals surface area contributed by atoms with E-state index in [-0.39, 0.29) is 11.6 Å². The predicted octanol–water partition coefficient (Wildman–Crippen LogP) is 8.93. The summed E-state index contributed by atoms with van der Waals surface area (Å²) < 4.78 is 11.1. The Kier molecular flexibility index (Phi) is 12.3. The number of anilines is 2. The van der Waals surface area contributed by atoms with Crippen LogP contribution in [0.2, 0.25) is 0 Å². The Morgan fingerprint density at radius 2 is 1.45 bits per heavy atom. The Balaban J connectivity index is 1.07. The highest BCUT2D eigenvalue weighted by atomic mass is 32.2. The molecular formula is C42H36N4O5S2. The summed E-state index contributed by atoms with van der Waals surface area (Å²) in [6.07, 6.45) is 1.62. The second-order valence-corrected chi connectivity index (χ2v) is 14.0. The summed E-state index contributed by atoms with van der Waals surface area (Å²) in [6, 6.07) is 40.6. The summed E-state index contributed by atoms with van der Waals surface area (Å²) in [5, 5.41) is 10.6. The van der Waals surface area contributed by atoms with Gasteiger partial charge in [-0.1, -0.05) is 60.7 Å². The highest BCUT2D eigenvalue weighted by molar-refractivity contribution is 8.00. The van der Waals surface area contributed by atoms with Crippen molar-refractivity contribution in [3.8, 4) is 22.8 Å². The summed E-state index contributed by atoms with van der Waals surface area (Å²) in [6.45, 7) is 2.25. The molecule has 53 heavy (non-hydrogen) atoms. The van der Waals surface area contributed by atoms with E-state index in [1.54, 1.807) is 49.6 Å². The normalized spacial score (nSPS) is 11.6. The number of carbonyl (C=O) groups excluding carboxylic acids is 3. The van der Waals surface area contributed by atoms with E-state index in [0.29, 0.717) is 34.3 Å². The van der Waals surface area contributed by atoms with E-state index in [0.717, 1.165) is 27.5 Å². The van der Waals surface area contributed by atoms with Crippen LogP contribution in [0.15, 0.2) is 149 Å².